The number of methoxy groups -OCH3 is 8. The number of carbonyl (C=O) groups is 2. The van der Waals surface area contributed by atoms with Crippen molar-refractivity contribution in [1.82, 2.24) is 0 Å². The third-order valence-corrected chi connectivity index (χ3v) is 13.0. The molecule has 0 heterocycles. The van der Waals surface area contributed by atoms with Crippen LogP contribution in [0.3, 0.4) is 0 Å². The Labute approximate surface area is 390 Å². The zero-order valence-corrected chi connectivity index (χ0v) is 39.1. The van der Waals surface area contributed by atoms with Gasteiger partial charge in [-0.25, -0.2) is 8.42 Å². The third kappa shape index (κ3) is 11.1. The van der Waals surface area contributed by atoms with E-state index in [1.807, 2.05) is 0 Å². The van der Waals surface area contributed by atoms with Gasteiger partial charge in [0.2, 0.25) is 0 Å². The van der Waals surface area contributed by atoms with Gasteiger partial charge in [-0.3, -0.25) is 9.59 Å². The summed E-state index contributed by atoms with van der Waals surface area (Å²) in [5.74, 6) is 1.98. The highest BCUT2D eigenvalue weighted by molar-refractivity contribution is 7.92. The minimum Gasteiger partial charge on any atom is -0.496 e. The molecule has 0 aliphatic rings. The van der Waals surface area contributed by atoms with Gasteiger partial charge in [0.15, 0.2) is 9.84 Å². The van der Waals surface area contributed by atoms with Crippen molar-refractivity contribution in [2.75, 3.05) is 67.5 Å². The van der Waals surface area contributed by atoms with Crippen LogP contribution in [-0.4, -0.2) is 77.1 Å². The van der Waals surface area contributed by atoms with Crippen LogP contribution in [0.25, 0.3) is 12.2 Å². The smallest absolute Gasteiger partial charge is 0.255 e. The van der Waals surface area contributed by atoms with E-state index in [1.165, 1.54) is 69.0 Å². The number of benzene rings is 6. The Morgan fingerprint density at radius 2 is 0.761 bits per heavy atom. The number of sulfone groups is 1. The standard InChI is InChI=1S/C52H52N2O12S/c1-59-37-29-45(63-5)39(46(30-37)64-6)21-25-49(35-19-23-43(61-3)41(27-35)53-51(55)33-15-11-9-12-16-33)67(57,58)50(26-22-40-47(65-7)31-38(60-2)32-48(40)66-8)36-20-24-44(62-4)42(28-36)54-52(56)34-17-13-10-14-18-34/h9-32,49-50H,1-8H3,(H,53,55)(H,54,56)/b25-21+,26-22+. The summed E-state index contributed by atoms with van der Waals surface area (Å²) in [6.45, 7) is 0. The number of carbonyl (C=O) groups excluding carboxylic acids is 2. The summed E-state index contributed by atoms with van der Waals surface area (Å²) >= 11 is 0. The second-order valence-electron chi connectivity index (χ2n) is 14.6. The van der Waals surface area contributed by atoms with Crippen LogP contribution in [0.2, 0.25) is 0 Å². The Hall–Kier alpha value is -7.91. The minimum absolute atomic E-state index is 0.220. The second-order valence-corrected chi connectivity index (χ2v) is 16.8. The van der Waals surface area contributed by atoms with E-state index >= 15 is 8.42 Å². The van der Waals surface area contributed by atoms with Crippen molar-refractivity contribution in [3.63, 3.8) is 0 Å². The summed E-state index contributed by atoms with van der Waals surface area (Å²) in [5.41, 5.74) is 2.56. The van der Waals surface area contributed by atoms with Gasteiger partial charge in [0.05, 0.1) is 79.4 Å². The fourth-order valence-corrected chi connectivity index (χ4v) is 9.27. The predicted octanol–water partition coefficient (Wildman–Crippen LogP) is 9.88. The number of ether oxygens (including phenoxy) is 8. The molecule has 0 aliphatic heterocycles. The van der Waals surface area contributed by atoms with E-state index in [0.29, 0.717) is 56.8 Å². The van der Waals surface area contributed by atoms with Gasteiger partial charge in [-0.15, -0.1) is 0 Å². The van der Waals surface area contributed by atoms with Crippen LogP contribution in [0.15, 0.2) is 133 Å². The summed E-state index contributed by atoms with van der Waals surface area (Å²) in [6, 6.07) is 33.3. The van der Waals surface area contributed by atoms with Crippen molar-refractivity contribution in [2.45, 2.75) is 10.5 Å². The normalized spacial score (nSPS) is 12.2. The van der Waals surface area contributed by atoms with Crippen molar-refractivity contribution in [2.24, 2.45) is 0 Å². The van der Waals surface area contributed by atoms with Gasteiger partial charge >= 0.3 is 0 Å². The first kappa shape index (κ1) is 48.5. The summed E-state index contributed by atoms with van der Waals surface area (Å²) in [6.07, 6.45) is 6.23. The highest BCUT2D eigenvalue weighted by atomic mass is 32.2. The van der Waals surface area contributed by atoms with Gasteiger partial charge in [-0.05, 0) is 71.8 Å². The molecule has 2 amide bonds. The van der Waals surface area contributed by atoms with E-state index in [9.17, 15) is 9.59 Å². The molecule has 0 aliphatic carbocycles. The molecule has 0 bridgehead atoms. The molecule has 2 N–H and O–H groups in total. The Kier molecular flexibility index (Phi) is 16.2. The van der Waals surface area contributed by atoms with Gasteiger partial charge in [0.1, 0.15) is 56.5 Å². The molecule has 0 aromatic heterocycles. The average Bonchev–Trinajstić information content (AvgIpc) is 3.36. The zero-order chi connectivity index (χ0) is 48.1. The molecule has 348 valence electrons. The molecular formula is C52H52N2O12S. The Balaban J connectivity index is 1.61. The lowest BCUT2D eigenvalue weighted by Crippen LogP contribution is -2.20. The Bertz CT molecular complexity index is 2630. The monoisotopic (exact) mass is 928 g/mol. The first-order valence-corrected chi connectivity index (χ1v) is 22.3. The Morgan fingerprint density at radius 3 is 1.06 bits per heavy atom. The lowest BCUT2D eigenvalue weighted by Gasteiger charge is -2.24. The minimum atomic E-state index is -4.54. The zero-order valence-electron chi connectivity index (χ0n) is 38.3. The fraction of sp³-hybridized carbons (Fsp3) is 0.192. The van der Waals surface area contributed by atoms with Gasteiger partial charge in [-0.1, -0.05) is 60.7 Å². The molecule has 0 fully saturated rings. The van der Waals surface area contributed by atoms with E-state index in [-0.39, 0.29) is 34.0 Å². The Morgan fingerprint density at radius 1 is 0.433 bits per heavy atom. The molecular weight excluding hydrogens is 877 g/mol. The maximum atomic E-state index is 16.0. The third-order valence-electron chi connectivity index (χ3n) is 10.8. The van der Waals surface area contributed by atoms with Crippen LogP contribution < -0.4 is 48.5 Å². The summed E-state index contributed by atoms with van der Waals surface area (Å²) in [4.78, 5) is 27.1. The molecule has 0 spiro atoms. The summed E-state index contributed by atoms with van der Waals surface area (Å²) in [7, 11) is 7.28. The lowest BCUT2D eigenvalue weighted by atomic mass is 10.1. The highest BCUT2D eigenvalue weighted by Crippen LogP contribution is 2.44. The molecule has 0 radical (unpaired) electrons. The molecule has 14 nitrogen and oxygen atoms in total. The van der Waals surface area contributed by atoms with Crippen LogP contribution in [0.4, 0.5) is 11.4 Å². The largest absolute Gasteiger partial charge is 0.496 e. The van der Waals surface area contributed by atoms with Crippen molar-refractivity contribution in [3.05, 3.63) is 167 Å². The molecule has 0 saturated heterocycles. The fourth-order valence-electron chi connectivity index (χ4n) is 7.31. The molecule has 0 saturated carbocycles. The topological polar surface area (TPSA) is 166 Å². The molecule has 6 aromatic carbocycles. The van der Waals surface area contributed by atoms with E-state index in [1.54, 1.807) is 133 Å². The number of amides is 2. The van der Waals surface area contributed by atoms with E-state index in [4.69, 9.17) is 37.9 Å². The molecule has 6 aromatic rings. The number of rotatable bonds is 20. The SMILES string of the molecule is COc1cc(OC)c(/C=C/C(c2ccc(OC)c(NC(=O)c3ccccc3)c2)S(=O)(=O)C(/C=C/c2c(OC)cc(OC)cc2OC)c2ccc(OC)c(NC(=O)c3ccccc3)c2)c(OC)c1. The van der Waals surface area contributed by atoms with Crippen LogP contribution >= 0.6 is 0 Å². The van der Waals surface area contributed by atoms with Crippen LogP contribution in [-0.2, 0) is 9.84 Å². The lowest BCUT2D eigenvalue weighted by molar-refractivity contribution is 0.101. The molecule has 6 rings (SSSR count). The van der Waals surface area contributed by atoms with Gasteiger partial charge < -0.3 is 48.5 Å². The van der Waals surface area contributed by atoms with E-state index < -0.39 is 32.2 Å². The first-order valence-electron chi connectivity index (χ1n) is 20.7. The molecule has 2 atom stereocenters. The first-order chi connectivity index (χ1) is 32.4. The van der Waals surface area contributed by atoms with Crippen molar-refractivity contribution in [3.8, 4) is 46.0 Å². The summed E-state index contributed by atoms with van der Waals surface area (Å²) in [5, 5.41) is 2.88. The summed E-state index contributed by atoms with van der Waals surface area (Å²) < 4.78 is 77.2. The number of hydrogen-bond donors (Lipinski definition) is 2. The number of nitrogens with one attached hydrogen (secondary N) is 2. The van der Waals surface area contributed by atoms with Gasteiger partial charge in [0, 0.05) is 35.4 Å². The van der Waals surface area contributed by atoms with Crippen molar-refractivity contribution < 1.29 is 55.9 Å². The number of anilines is 2. The van der Waals surface area contributed by atoms with Crippen LogP contribution in [0, 0.1) is 0 Å². The predicted molar refractivity (Wildman–Crippen MR) is 259 cm³/mol. The van der Waals surface area contributed by atoms with E-state index in [0.717, 1.165) is 0 Å². The number of hydrogen-bond acceptors (Lipinski definition) is 12. The van der Waals surface area contributed by atoms with Crippen molar-refractivity contribution in [1.29, 1.82) is 0 Å². The molecule has 15 heteroatoms. The van der Waals surface area contributed by atoms with Crippen LogP contribution in [0.1, 0.15) is 53.5 Å². The van der Waals surface area contributed by atoms with Crippen molar-refractivity contribution >= 4 is 45.2 Å². The van der Waals surface area contributed by atoms with E-state index in [2.05, 4.69) is 10.6 Å². The quantitative estimate of drug-likeness (QED) is 0.0745. The average molecular weight is 929 g/mol. The molecule has 2 unspecified atom stereocenters. The molecule has 67 heavy (non-hydrogen) atoms. The maximum absolute atomic E-state index is 16.0. The highest BCUT2D eigenvalue weighted by Gasteiger charge is 2.35. The van der Waals surface area contributed by atoms with Gasteiger partial charge in [0.25, 0.3) is 11.8 Å². The second kappa shape index (κ2) is 22.3. The van der Waals surface area contributed by atoms with Crippen LogP contribution in [0.5, 0.6) is 46.0 Å². The maximum Gasteiger partial charge on any atom is 0.255 e. The van der Waals surface area contributed by atoms with Gasteiger partial charge in [-0.2, -0.15) is 0 Å².